The van der Waals surface area contributed by atoms with Crippen LogP contribution in [0.25, 0.3) is 0 Å². The van der Waals surface area contributed by atoms with Crippen molar-refractivity contribution in [2.45, 2.75) is 31.4 Å². The first-order valence-electron chi connectivity index (χ1n) is 6.24. The van der Waals surface area contributed by atoms with Crippen molar-refractivity contribution >= 4 is 0 Å². The third-order valence-electron chi connectivity index (χ3n) is 3.65. The summed E-state index contributed by atoms with van der Waals surface area (Å²) < 4.78 is 5.18. The van der Waals surface area contributed by atoms with Gasteiger partial charge in [-0.3, -0.25) is 0 Å². The van der Waals surface area contributed by atoms with Crippen LogP contribution in [-0.2, 0) is 11.2 Å². The second-order valence-electron chi connectivity index (χ2n) is 4.73. The topological polar surface area (TPSA) is 41.5 Å². The average molecular weight is 235 g/mol. The molecule has 94 valence electrons. The van der Waals surface area contributed by atoms with Crippen molar-refractivity contribution in [3.05, 3.63) is 35.4 Å². The number of aliphatic hydroxyl groups is 1. The van der Waals surface area contributed by atoms with Crippen molar-refractivity contribution in [1.29, 1.82) is 0 Å². The summed E-state index contributed by atoms with van der Waals surface area (Å²) in [5.41, 5.74) is 1.71. The van der Waals surface area contributed by atoms with E-state index >= 15 is 0 Å². The Kier molecular flexibility index (Phi) is 3.82. The maximum absolute atomic E-state index is 10.7. The van der Waals surface area contributed by atoms with Gasteiger partial charge in [-0.25, -0.2) is 0 Å². The molecule has 17 heavy (non-hydrogen) atoms. The van der Waals surface area contributed by atoms with Crippen molar-refractivity contribution in [2.75, 3.05) is 20.3 Å². The van der Waals surface area contributed by atoms with Gasteiger partial charge in [0.1, 0.15) is 5.60 Å². The summed E-state index contributed by atoms with van der Waals surface area (Å²) in [6.07, 6.45) is 1.70. The van der Waals surface area contributed by atoms with Gasteiger partial charge in [-0.1, -0.05) is 31.2 Å². The summed E-state index contributed by atoms with van der Waals surface area (Å²) in [4.78, 5) is 0. The van der Waals surface area contributed by atoms with E-state index in [1.807, 2.05) is 13.0 Å². The fourth-order valence-electron chi connectivity index (χ4n) is 2.62. The van der Waals surface area contributed by atoms with Gasteiger partial charge < -0.3 is 15.2 Å². The van der Waals surface area contributed by atoms with Crippen LogP contribution in [0.15, 0.2) is 24.3 Å². The summed E-state index contributed by atoms with van der Waals surface area (Å²) in [7, 11) is 1.63. The van der Waals surface area contributed by atoms with Crippen molar-refractivity contribution in [2.24, 2.45) is 0 Å². The van der Waals surface area contributed by atoms with Gasteiger partial charge in [-0.05, 0) is 30.5 Å². The van der Waals surface area contributed by atoms with Crippen LogP contribution in [-0.4, -0.2) is 31.0 Å². The number of benzene rings is 1. The highest BCUT2D eigenvalue weighted by Crippen LogP contribution is 2.33. The van der Waals surface area contributed by atoms with Gasteiger partial charge >= 0.3 is 0 Å². The van der Waals surface area contributed by atoms with E-state index in [9.17, 15) is 5.11 Å². The molecule has 2 N–H and O–H groups in total. The first-order chi connectivity index (χ1) is 8.21. The molecule has 2 atom stereocenters. The lowest BCUT2D eigenvalue weighted by molar-refractivity contribution is -0.0632. The van der Waals surface area contributed by atoms with E-state index in [1.165, 1.54) is 11.1 Å². The zero-order valence-corrected chi connectivity index (χ0v) is 10.6. The Morgan fingerprint density at radius 3 is 2.94 bits per heavy atom. The van der Waals surface area contributed by atoms with Crippen LogP contribution < -0.4 is 5.32 Å². The molecule has 0 aromatic heterocycles. The summed E-state index contributed by atoms with van der Waals surface area (Å²) >= 11 is 0. The number of rotatable bonds is 4. The van der Waals surface area contributed by atoms with Gasteiger partial charge in [0.15, 0.2) is 0 Å². The lowest BCUT2D eigenvalue weighted by Gasteiger charge is -2.39. The molecule has 2 rings (SSSR count). The van der Waals surface area contributed by atoms with E-state index in [0.29, 0.717) is 13.0 Å². The monoisotopic (exact) mass is 235 g/mol. The van der Waals surface area contributed by atoms with Crippen LogP contribution in [0.1, 0.15) is 30.5 Å². The Hall–Kier alpha value is -0.900. The number of methoxy groups -OCH3 is 1. The maximum Gasteiger partial charge on any atom is 0.107 e. The van der Waals surface area contributed by atoms with Gasteiger partial charge in [-0.15, -0.1) is 0 Å². The summed E-state index contributed by atoms with van der Waals surface area (Å²) in [6.45, 7) is 3.27. The lowest BCUT2D eigenvalue weighted by atomic mass is 9.82. The summed E-state index contributed by atoms with van der Waals surface area (Å²) in [5.74, 6) is 0. The molecule has 3 heteroatoms. The number of hydrogen-bond donors (Lipinski definition) is 2. The van der Waals surface area contributed by atoms with Crippen molar-refractivity contribution in [3.63, 3.8) is 0 Å². The fourth-order valence-corrected chi connectivity index (χ4v) is 2.62. The van der Waals surface area contributed by atoms with E-state index in [-0.39, 0.29) is 6.04 Å². The normalized spacial score (nSPS) is 22.9. The molecular weight excluding hydrogens is 214 g/mol. The zero-order valence-electron chi connectivity index (χ0n) is 10.6. The van der Waals surface area contributed by atoms with Crippen LogP contribution >= 0.6 is 0 Å². The second-order valence-corrected chi connectivity index (χ2v) is 4.73. The van der Waals surface area contributed by atoms with Crippen LogP contribution in [0.3, 0.4) is 0 Å². The highest BCUT2D eigenvalue weighted by Gasteiger charge is 2.38. The molecule has 0 saturated heterocycles. The largest absolute Gasteiger partial charge is 0.385 e. The van der Waals surface area contributed by atoms with Gasteiger partial charge in [0.2, 0.25) is 0 Å². The predicted octanol–water partition coefficient (Wildman–Crippen LogP) is 1.66. The molecule has 1 aromatic rings. The molecule has 2 unspecified atom stereocenters. The molecule has 0 fully saturated rings. The van der Waals surface area contributed by atoms with Crippen LogP contribution in [0.2, 0.25) is 0 Å². The molecule has 0 amide bonds. The Labute approximate surface area is 103 Å². The Morgan fingerprint density at radius 2 is 2.24 bits per heavy atom. The zero-order chi connectivity index (χ0) is 12.3. The molecular formula is C14H21NO2. The van der Waals surface area contributed by atoms with Crippen LogP contribution in [0, 0.1) is 0 Å². The number of nitrogens with one attached hydrogen (secondary N) is 1. The van der Waals surface area contributed by atoms with Crippen molar-refractivity contribution in [1.82, 2.24) is 5.32 Å². The SMILES string of the molecule is CCC(O)(COC)C1NCCc2ccccc21. The van der Waals surface area contributed by atoms with Crippen LogP contribution in [0.5, 0.6) is 0 Å². The number of ether oxygens (including phenoxy) is 1. The summed E-state index contributed by atoms with van der Waals surface area (Å²) in [6, 6.07) is 8.30. The van der Waals surface area contributed by atoms with Crippen molar-refractivity contribution < 1.29 is 9.84 Å². The lowest BCUT2D eigenvalue weighted by Crippen LogP contribution is -2.49. The standard InChI is InChI=1S/C14H21NO2/c1-3-14(16,10-17-2)13-12-7-5-4-6-11(12)8-9-15-13/h4-7,13,15-16H,3,8-10H2,1-2H3. The van der Waals surface area contributed by atoms with Gasteiger partial charge in [0.25, 0.3) is 0 Å². The second kappa shape index (κ2) is 5.17. The van der Waals surface area contributed by atoms with Gasteiger partial charge in [-0.2, -0.15) is 0 Å². The van der Waals surface area contributed by atoms with Gasteiger partial charge in [0, 0.05) is 7.11 Å². The fraction of sp³-hybridized carbons (Fsp3) is 0.571. The molecule has 1 heterocycles. The van der Waals surface area contributed by atoms with Gasteiger partial charge in [0.05, 0.1) is 12.6 Å². The molecule has 0 spiro atoms. The Morgan fingerprint density at radius 1 is 1.47 bits per heavy atom. The molecule has 0 aliphatic carbocycles. The Bertz CT molecular complexity index is 380. The van der Waals surface area contributed by atoms with Crippen LogP contribution in [0.4, 0.5) is 0 Å². The highest BCUT2D eigenvalue weighted by atomic mass is 16.5. The highest BCUT2D eigenvalue weighted by molar-refractivity contribution is 5.34. The minimum Gasteiger partial charge on any atom is -0.385 e. The quantitative estimate of drug-likeness (QED) is 0.834. The molecule has 1 aliphatic rings. The van der Waals surface area contributed by atoms with E-state index < -0.39 is 5.60 Å². The van der Waals surface area contributed by atoms with E-state index in [4.69, 9.17) is 4.74 Å². The molecule has 1 aromatic carbocycles. The molecule has 3 nitrogen and oxygen atoms in total. The first-order valence-corrected chi connectivity index (χ1v) is 6.24. The van der Waals surface area contributed by atoms with Crippen molar-refractivity contribution in [3.8, 4) is 0 Å². The maximum atomic E-state index is 10.7. The average Bonchev–Trinajstić information content (AvgIpc) is 2.38. The third kappa shape index (κ3) is 2.37. The van der Waals surface area contributed by atoms with E-state index in [0.717, 1.165) is 13.0 Å². The smallest absolute Gasteiger partial charge is 0.107 e. The Balaban J connectivity index is 2.34. The van der Waals surface area contributed by atoms with E-state index in [2.05, 4.69) is 23.5 Å². The first kappa shape index (κ1) is 12.6. The molecule has 0 radical (unpaired) electrons. The number of hydrogen-bond acceptors (Lipinski definition) is 3. The predicted molar refractivity (Wildman–Crippen MR) is 68.0 cm³/mol. The summed E-state index contributed by atoms with van der Waals surface area (Å²) in [5, 5.41) is 14.1. The number of fused-ring (bicyclic) bond motifs is 1. The molecule has 0 saturated carbocycles. The molecule has 1 aliphatic heterocycles. The third-order valence-corrected chi connectivity index (χ3v) is 3.65. The minimum absolute atomic E-state index is 0.0302. The minimum atomic E-state index is -0.828. The van der Waals surface area contributed by atoms with E-state index in [1.54, 1.807) is 7.11 Å². The molecule has 0 bridgehead atoms.